The van der Waals surface area contributed by atoms with Crippen molar-refractivity contribution in [2.45, 2.75) is 79.8 Å². The lowest BCUT2D eigenvalue weighted by molar-refractivity contribution is -0.176. The Kier molecular flexibility index (Phi) is 4.19. The fourth-order valence-corrected chi connectivity index (χ4v) is 6.31. The highest BCUT2D eigenvalue weighted by atomic mass is 16.5. The van der Waals surface area contributed by atoms with Crippen LogP contribution in [0.3, 0.4) is 0 Å². The Hall–Kier alpha value is -1.22. The second-order valence-corrected chi connectivity index (χ2v) is 10.8. The van der Waals surface area contributed by atoms with E-state index in [1.165, 1.54) is 0 Å². The van der Waals surface area contributed by atoms with Crippen LogP contribution in [0.1, 0.15) is 73.6 Å². The van der Waals surface area contributed by atoms with Gasteiger partial charge >= 0.3 is 5.97 Å². The maximum Gasteiger partial charge on any atom is 0.309 e. The monoisotopic (exact) mass is 347 g/mol. The van der Waals surface area contributed by atoms with E-state index < -0.39 is 0 Å². The minimum Gasteiger partial charge on any atom is -0.462 e. The number of carbonyl (C=O) groups excluding carboxylic acids is 1. The maximum absolute atomic E-state index is 13.1. The predicted octanol–water partition coefficient (Wildman–Crippen LogP) is 5.50. The van der Waals surface area contributed by atoms with Crippen molar-refractivity contribution in [3.63, 3.8) is 0 Å². The molecular formula is C20H33N3O2. The van der Waals surface area contributed by atoms with Gasteiger partial charge in [0.2, 0.25) is 0 Å². The first-order valence-electron chi connectivity index (χ1n) is 9.67. The van der Waals surface area contributed by atoms with E-state index in [2.05, 4.69) is 51.6 Å². The lowest BCUT2D eigenvalue weighted by Crippen LogP contribution is -2.51. The summed E-state index contributed by atoms with van der Waals surface area (Å²) in [6, 6.07) is 0. The van der Waals surface area contributed by atoms with Crippen molar-refractivity contribution in [2.24, 2.45) is 38.6 Å². The van der Waals surface area contributed by atoms with Gasteiger partial charge in [0, 0.05) is 16.9 Å². The zero-order valence-electron chi connectivity index (χ0n) is 16.6. The van der Waals surface area contributed by atoms with Gasteiger partial charge in [0.1, 0.15) is 6.10 Å². The number of nitrogens with zero attached hydrogens (tertiary/aromatic N) is 3. The highest BCUT2D eigenvalue weighted by Gasteiger charge is 2.69. The normalized spacial score (nSPS) is 42.3. The average Bonchev–Trinajstić information content (AvgIpc) is 2.86. The highest BCUT2D eigenvalue weighted by molar-refractivity contribution is 5.74. The van der Waals surface area contributed by atoms with E-state index in [1.807, 2.05) is 0 Å². The molecule has 5 unspecified atom stereocenters. The summed E-state index contributed by atoms with van der Waals surface area (Å²) in [5.74, 6) is 0.367. The van der Waals surface area contributed by atoms with E-state index in [0.717, 1.165) is 32.1 Å². The van der Waals surface area contributed by atoms with Crippen molar-refractivity contribution in [2.75, 3.05) is 6.54 Å². The van der Waals surface area contributed by atoms with Gasteiger partial charge in [0.25, 0.3) is 0 Å². The minimum absolute atomic E-state index is 0.0175. The SMILES string of the molecule is CC(C)(C)CC1C(=O)OC2CC3CCC2(C)C3(CN=[N+]=[N-])CC1(C)C. The third-order valence-corrected chi connectivity index (χ3v) is 7.63. The maximum atomic E-state index is 13.1. The van der Waals surface area contributed by atoms with Gasteiger partial charge in [0.15, 0.2) is 0 Å². The number of hydrogen-bond donors (Lipinski definition) is 0. The molecule has 1 aliphatic heterocycles. The lowest BCUT2D eigenvalue weighted by atomic mass is 9.56. The number of rotatable bonds is 3. The molecule has 140 valence electrons. The lowest BCUT2D eigenvalue weighted by Gasteiger charge is -2.51. The number of ether oxygens (including phenoxy) is 1. The van der Waals surface area contributed by atoms with Crippen molar-refractivity contribution in [3.8, 4) is 0 Å². The van der Waals surface area contributed by atoms with E-state index in [1.54, 1.807) is 0 Å². The fourth-order valence-electron chi connectivity index (χ4n) is 6.31. The van der Waals surface area contributed by atoms with Crippen LogP contribution >= 0.6 is 0 Å². The molecular weight excluding hydrogens is 314 g/mol. The zero-order valence-corrected chi connectivity index (χ0v) is 16.6. The van der Waals surface area contributed by atoms with Crippen LogP contribution in [0, 0.1) is 33.5 Å². The number of carbonyl (C=O) groups is 1. The summed E-state index contributed by atoms with van der Waals surface area (Å²) in [4.78, 5) is 16.2. The Labute approximate surface area is 151 Å². The van der Waals surface area contributed by atoms with Gasteiger partial charge in [-0.25, -0.2) is 0 Å². The van der Waals surface area contributed by atoms with E-state index >= 15 is 0 Å². The molecule has 4 bridgehead atoms. The Morgan fingerprint density at radius 3 is 2.60 bits per heavy atom. The molecule has 2 aliphatic carbocycles. The largest absolute Gasteiger partial charge is 0.462 e. The van der Waals surface area contributed by atoms with Crippen molar-refractivity contribution >= 4 is 5.97 Å². The van der Waals surface area contributed by atoms with Gasteiger partial charge in [-0.15, -0.1) is 0 Å². The molecule has 3 aliphatic rings. The smallest absolute Gasteiger partial charge is 0.309 e. The van der Waals surface area contributed by atoms with Crippen molar-refractivity contribution in [1.82, 2.24) is 0 Å². The Morgan fingerprint density at radius 1 is 1.32 bits per heavy atom. The molecule has 5 heteroatoms. The topological polar surface area (TPSA) is 75.1 Å². The van der Waals surface area contributed by atoms with E-state index in [4.69, 9.17) is 10.3 Å². The first-order valence-corrected chi connectivity index (χ1v) is 9.67. The molecule has 5 atom stereocenters. The third kappa shape index (κ3) is 2.75. The summed E-state index contributed by atoms with van der Waals surface area (Å²) in [7, 11) is 0. The summed E-state index contributed by atoms with van der Waals surface area (Å²) in [6.07, 6.45) is 4.90. The summed E-state index contributed by atoms with van der Waals surface area (Å²) in [5, 5.41) is 4.05. The predicted molar refractivity (Wildman–Crippen MR) is 97.7 cm³/mol. The van der Waals surface area contributed by atoms with Crippen LogP contribution in [-0.4, -0.2) is 18.6 Å². The van der Waals surface area contributed by atoms with E-state index in [9.17, 15) is 4.79 Å². The number of esters is 1. The minimum atomic E-state index is -0.172. The molecule has 0 aromatic heterocycles. The Balaban J connectivity index is 2.05. The van der Waals surface area contributed by atoms with Crippen molar-refractivity contribution in [1.29, 1.82) is 0 Å². The van der Waals surface area contributed by atoms with Crippen molar-refractivity contribution in [3.05, 3.63) is 10.4 Å². The van der Waals surface area contributed by atoms with Gasteiger partial charge in [-0.1, -0.05) is 46.7 Å². The molecule has 2 saturated carbocycles. The first kappa shape index (κ1) is 18.6. The second-order valence-electron chi connectivity index (χ2n) is 10.8. The van der Waals surface area contributed by atoms with E-state index in [-0.39, 0.29) is 39.7 Å². The highest BCUT2D eigenvalue weighted by Crippen LogP contribution is 2.71. The molecule has 0 amide bonds. The molecule has 5 nitrogen and oxygen atoms in total. The second kappa shape index (κ2) is 5.64. The van der Waals surface area contributed by atoms with Gasteiger partial charge in [-0.05, 0) is 59.8 Å². The Bertz CT molecular complexity index is 617. The van der Waals surface area contributed by atoms with Gasteiger partial charge in [-0.2, -0.15) is 0 Å². The molecule has 25 heavy (non-hydrogen) atoms. The molecule has 1 heterocycles. The molecule has 0 aromatic rings. The van der Waals surface area contributed by atoms with Crippen LogP contribution in [0.25, 0.3) is 10.4 Å². The average molecular weight is 348 g/mol. The van der Waals surface area contributed by atoms with Crippen LogP contribution in [0.4, 0.5) is 0 Å². The summed E-state index contributed by atoms with van der Waals surface area (Å²) in [6.45, 7) is 13.8. The van der Waals surface area contributed by atoms with Crippen LogP contribution in [0.5, 0.6) is 0 Å². The standard InChI is InChI=1S/C20H33N3O2/c1-17(2,3)10-14-16(24)25-15-9-13-7-8-19(15,6)20(13,12-22-23-21)11-18(14,4)5/h13-15H,7-12H2,1-6H3. The van der Waals surface area contributed by atoms with Crippen LogP contribution in [0.2, 0.25) is 0 Å². The summed E-state index contributed by atoms with van der Waals surface area (Å²) >= 11 is 0. The van der Waals surface area contributed by atoms with Crippen molar-refractivity contribution < 1.29 is 9.53 Å². The van der Waals surface area contributed by atoms with E-state index in [0.29, 0.717) is 12.5 Å². The molecule has 0 radical (unpaired) electrons. The molecule has 0 aromatic carbocycles. The van der Waals surface area contributed by atoms with Gasteiger partial charge < -0.3 is 4.74 Å². The fraction of sp³-hybridized carbons (Fsp3) is 0.950. The molecule has 3 rings (SSSR count). The molecule has 0 spiro atoms. The summed E-state index contributed by atoms with van der Waals surface area (Å²) < 4.78 is 6.14. The quantitative estimate of drug-likeness (QED) is 0.293. The number of hydrogen-bond acceptors (Lipinski definition) is 3. The first-order chi connectivity index (χ1) is 11.5. The van der Waals surface area contributed by atoms with Crippen LogP contribution in [0.15, 0.2) is 5.11 Å². The zero-order chi connectivity index (χ0) is 18.7. The van der Waals surface area contributed by atoms with Crippen LogP contribution in [-0.2, 0) is 9.53 Å². The molecule has 0 N–H and O–H groups in total. The molecule has 1 saturated heterocycles. The van der Waals surface area contributed by atoms with Gasteiger partial charge in [-0.3, -0.25) is 4.79 Å². The third-order valence-electron chi connectivity index (χ3n) is 7.63. The van der Waals surface area contributed by atoms with Gasteiger partial charge in [0.05, 0.1) is 5.92 Å². The summed E-state index contributed by atoms with van der Waals surface area (Å²) in [5.41, 5.74) is 8.77. The molecule has 3 fully saturated rings. The Morgan fingerprint density at radius 2 is 2.00 bits per heavy atom. The number of azide groups is 1. The van der Waals surface area contributed by atoms with Crippen LogP contribution < -0.4 is 0 Å².